The van der Waals surface area contributed by atoms with Crippen LogP contribution in [0.2, 0.25) is 0 Å². The molecule has 0 amide bonds. The molecule has 2 heterocycles. The molecule has 2 heteroatoms. The van der Waals surface area contributed by atoms with Crippen molar-refractivity contribution in [3.05, 3.63) is 64.5 Å². The summed E-state index contributed by atoms with van der Waals surface area (Å²) in [4.78, 5) is 8.70. The van der Waals surface area contributed by atoms with Crippen LogP contribution in [0.1, 0.15) is 67.5 Å². The maximum absolute atomic E-state index is 5.03. The van der Waals surface area contributed by atoms with Gasteiger partial charge in [0.1, 0.15) is 0 Å². The van der Waals surface area contributed by atoms with Crippen LogP contribution in [0.3, 0.4) is 0 Å². The summed E-state index contributed by atoms with van der Waals surface area (Å²) in [7, 11) is 0. The van der Waals surface area contributed by atoms with E-state index in [1.807, 2.05) is 0 Å². The van der Waals surface area contributed by atoms with E-state index in [1.165, 1.54) is 86.6 Å². The van der Waals surface area contributed by atoms with Gasteiger partial charge in [-0.05, 0) is 91.8 Å². The summed E-state index contributed by atoms with van der Waals surface area (Å²) >= 11 is 0. The molecular weight excluding hydrogens is 364 g/mol. The topological polar surface area (TPSA) is 28.7 Å². The Hall–Kier alpha value is -2.61. The van der Waals surface area contributed by atoms with Gasteiger partial charge < -0.3 is 4.98 Å². The van der Waals surface area contributed by atoms with E-state index in [4.69, 9.17) is 4.98 Å². The van der Waals surface area contributed by atoms with E-state index in [0.29, 0.717) is 0 Å². The molecule has 1 N–H and O–H groups in total. The highest BCUT2D eigenvalue weighted by molar-refractivity contribution is 6.11. The molecule has 0 spiro atoms. The van der Waals surface area contributed by atoms with E-state index in [1.54, 1.807) is 0 Å². The van der Waals surface area contributed by atoms with Crippen LogP contribution >= 0.6 is 0 Å². The first-order valence-electron chi connectivity index (χ1n) is 11.3. The number of hydrogen-bond acceptors (Lipinski definition) is 1. The van der Waals surface area contributed by atoms with Gasteiger partial charge in [-0.1, -0.05) is 37.6 Å². The van der Waals surface area contributed by atoms with Gasteiger partial charge in [-0.3, -0.25) is 4.98 Å². The first-order chi connectivity index (χ1) is 14.3. The first-order valence-corrected chi connectivity index (χ1v) is 11.3. The molecule has 2 nitrogen and oxygen atoms in total. The summed E-state index contributed by atoms with van der Waals surface area (Å²) in [5, 5.41) is 2.78. The number of rotatable bonds is 1. The van der Waals surface area contributed by atoms with Gasteiger partial charge in [0.2, 0.25) is 0 Å². The predicted octanol–water partition coefficient (Wildman–Crippen LogP) is 7.41. The molecule has 152 valence electrons. The highest BCUT2D eigenvalue weighted by Gasteiger charge is 2.49. The van der Waals surface area contributed by atoms with E-state index >= 15 is 0 Å². The summed E-state index contributed by atoms with van der Waals surface area (Å²) in [6.07, 6.45) is 7.18. The zero-order chi connectivity index (χ0) is 20.8. The Balaban J connectivity index is 1.69. The predicted molar refractivity (Wildman–Crippen MR) is 126 cm³/mol. The lowest BCUT2D eigenvalue weighted by Crippen LogP contribution is -2.45. The van der Waals surface area contributed by atoms with Crippen LogP contribution in [0, 0.1) is 20.8 Å². The highest BCUT2D eigenvalue weighted by Crippen LogP contribution is 2.57. The monoisotopic (exact) mass is 394 g/mol. The summed E-state index contributed by atoms with van der Waals surface area (Å²) in [6, 6.07) is 11.6. The van der Waals surface area contributed by atoms with Crippen molar-refractivity contribution in [3.63, 3.8) is 0 Å². The second kappa shape index (κ2) is 5.75. The van der Waals surface area contributed by atoms with Crippen molar-refractivity contribution in [2.24, 2.45) is 0 Å². The van der Waals surface area contributed by atoms with Crippen LogP contribution in [-0.2, 0) is 10.8 Å². The number of aryl methyl sites for hydroxylation is 3. The summed E-state index contributed by atoms with van der Waals surface area (Å²) < 4.78 is 0. The normalized spacial score (nSPS) is 25.2. The first kappa shape index (κ1) is 18.2. The molecule has 7 rings (SSSR count). The molecular formula is C28H30N2. The third-order valence-corrected chi connectivity index (χ3v) is 8.24. The fourth-order valence-corrected chi connectivity index (χ4v) is 6.57. The van der Waals surface area contributed by atoms with Crippen molar-refractivity contribution in [1.29, 1.82) is 0 Å². The minimum atomic E-state index is 0.243. The quantitative estimate of drug-likeness (QED) is 0.358. The molecule has 2 aromatic heterocycles. The van der Waals surface area contributed by atoms with Crippen molar-refractivity contribution in [3.8, 4) is 11.1 Å². The Labute approximate surface area is 178 Å². The highest BCUT2D eigenvalue weighted by atomic mass is 14.8. The maximum Gasteiger partial charge on any atom is 0.0654 e. The van der Waals surface area contributed by atoms with E-state index < -0.39 is 0 Å². The van der Waals surface area contributed by atoms with E-state index in [2.05, 4.69) is 76.1 Å². The number of aromatic amines is 1. The third-order valence-electron chi connectivity index (χ3n) is 8.24. The standard InChI is InChI=1S/C28H30N2/c1-16-12-17(2)23(18(3)13-16)19-6-7-21-20(14-19)24-22(30-21)15-29-26-25(24)27(4)8-10-28(26,5)11-9-27/h6-7,12-15,30H,8-11H2,1-5H3. The molecule has 30 heavy (non-hydrogen) atoms. The lowest BCUT2D eigenvalue weighted by molar-refractivity contribution is 0.184. The molecule has 2 aromatic carbocycles. The Bertz CT molecular complexity index is 1320. The van der Waals surface area contributed by atoms with Crippen molar-refractivity contribution < 1.29 is 0 Å². The average Bonchev–Trinajstić information content (AvgIpc) is 3.07. The number of aromatic nitrogens is 2. The second-order valence-corrected chi connectivity index (χ2v) is 10.6. The molecule has 0 aliphatic heterocycles. The molecule has 0 saturated heterocycles. The van der Waals surface area contributed by atoms with Crippen molar-refractivity contribution >= 4 is 21.8 Å². The number of fused-ring (bicyclic) bond motifs is 5. The van der Waals surface area contributed by atoms with Crippen molar-refractivity contribution in [2.75, 3.05) is 0 Å². The fourth-order valence-electron chi connectivity index (χ4n) is 6.57. The summed E-state index contributed by atoms with van der Waals surface area (Å²) in [6.45, 7) is 11.6. The zero-order valence-corrected chi connectivity index (χ0v) is 18.7. The van der Waals surface area contributed by atoms with Crippen LogP contribution in [-0.4, -0.2) is 9.97 Å². The van der Waals surface area contributed by atoms with Gasteiger partial charge in [0.25, 0.3) is 0 Å². The fraction of sp³-hybridized carbons (Fsp3) is 0.393. The zero-order valence-electron chi connectivity index (χ0n) is 18.7. The van der Waals surface area contributed by atoms with Crippen molar-refractivity contribution in [2.45, 2.75) is 71.1 Å². The molecule has 0 radical (unpaired) electrons. The average molecular weight is 395 g/mol. The maximum atomic E-state index is 5.03. The van der Waals surface area contributed by atoms with Gasteiger partial charge in [0, 0.05) is 21.7 Å². The van der Waals surface area contributed by atoms with Gasteiger partial charge in [-0.2, -0.15) is 0 Å². The van der Waals surface area contributed by atoms with Crippen LogP contribution < -0.4 is 0 Å². The molecule has 3 aliphatic rings. The number of nitrogens with zero attached hydrogens (tertiary/aromatic N) is 1. The number of benzene rings is 2. The van der Waals surface area contributed by atoms with Gasteiger partial charge in [0.05, 0.1) is 17.4 Å². The van der Waals surface area contributed by atoms with E-state index in [9.17, 15) is 0 Å². The number of pyridine rings is 1. The smallest absolute Gasteiger partial charge is 0.0654 e. The van der Waals surface area contributed by atoms with Crippen LogP contribution in [0.5, 0.6) is 0 Å². The summed E-state index contributed by atoms with van der Waals surface area (Å²) in [5.41, 5.74) is 12.5. The van der Waals surface area contributed by atoms with Crippen LogP contribution in [0.15, 0.2) is 36.5 Å². The molecule has 4 aromatic rings. The van der Waals surface area contributed by atoms with Crippen LogP contribution in [0.4, 0.5) is 0 Å². The van der Waals surface area contributed by atoms with E-state index in [0.717, 1.165) is 0 Å². The summed E-state index contributed by atoms with van der Waals surface area (Å²) in [5.74, 6) is 0. The molecule has 2 bridgehead atoms. The molecule has 0 unspecified atom stereocenters. The lowest BCUT2D eigenvalue weighted by Gasteiger charge is -2.51. The van der Waals surface area contributed by atoms with Crippen LogP contribution in [0.25, 0.3) is 32.9 Å². The SMILES string of the molecule is Cc1cc(C)c(-c2ccc3[nH]c4cnc5c(c4c3c2)C2(C)CCC5(C)CC2)c(C)c1. The van der Waals surface area contributed by atoms with Crippen molar-refractivity contribution in [1.82, 2.24) is 9.97 Å². The minimum absolute atomic E-state index is 0.243. The Kier molecular flexibility index (Phi) is 3.49. The van der Waals surface area contributed by atoms with Gasteiger partial charge in [-0.25, -0.2) is 0 Å². The molecule has 1 saturated carbocycles. The van der Waals surface area contributed by atoms with Gasteiger partial charge >= 0.3 is 0 Å². The van der Waals surface area contributed by atoms with Gasteiger partial charge in [-0.15, -0.1) is 0 Å². The largest absolute Gasteiger partial charge is 0.353 e. The molecule has 3 aliphatic carbocycles. The third kappa shape index (κ3) is 2.28. The second-order valence-electron chi connectivity index (χ2n) is 10.6. The Morgan fingerprint density at radius 1 is 0.833 bits per heavy atom. The van der Waals surface area contributed by atoms with Gasteiger partial charge in [0.15, 0.2) is 0 Å². The van der Waals surface area contributed by atoms with E-state index in [-0.39, 0.29) is 10.8 Å². The number of H-pyrrole nitrogens is 1. The molecule has 1 fully saturated rings. The Morgan fingerprint density at radius 3 is 2.20 bits per heavy atom. The Morgan fingerprint density at radius 2 is 1.50 bits per heavy atom. The lowest BCUT2D eigenvalue weighted by atomic mass is 9.53. The number of hydrogen-bond donors (Lipinski definition) is 1. The molecule has 0 atom stereocenters. The number of nitrogens with one attached hydrogen (secondary N) is 1. The minimum Gasteiger partial charge on any atom is -0.353 e.